The van der Waals surface area contributed by atoms with Gasteiger partial charge in [0.15, 0.2) is 0 Å². The molecule has 0 aliphatic rings. The van der Waals surface area contributed by atoms with Crippen molar-refractivity contribution in [3.8, 4) is 28.7 Å². The first kappa shape index (κ1) is 18.3. The minimum Gasteiger partial charge on any atom is -0.368 e. The largest absolute Gasteiger partial charge is 0.368 e. The number of nitrogen functional groups attached to an aromatic ring is 1. The molecule has 2 aromatic heterocycles. The number of nitrogens with zero attached hydrogens (tertiary/aromatic N) is 6. The first-order chi connectivity index (χ1) is 14.1. The highest BCUT2D eigenvalue weighted by atomic mass is 15.4. The number of rotatable bonds is 5. The minimum atomic E-state index is 0.144. The number of hydrogen-bond donors (Lipinski definition) is 1. The molecule has 0 atom stereocenters. The van der Waals surface area contributed by atoms with Crippen molar-refractivity contribution in [2.75, 3.05) is 5.73 Å². The van der Waals surface area contributed by atoms with E-state index in [-0.39, 0.29) is 5.95 Å². The van der Waals surface area contributed by atoms with Crippen LogP contribution in [-0.4, -0.2) is 25.0 Å². The maximum Gasteiger partial charge on any atom is 0.221 e. The fourth-order valence-corrected chi connectivity index (χ4v) is 3.12. The average molecular weight is 381 g/mol. The maximum absolute atomic E-state index is 9.12. The van der Waals surface area contributed by atoms with Gasteiger partial charge < -0.3 is 5.73 Å². The van der Waals surface area contributed by atoms with E-state index in [0.717, 1.165) is 17.5 Å². The summed E-state index contributed by atoms with van der Waals surface area (Å²) in [4.78, 5) is 8.61. The van der Waals surface area contributed by atoms with Gasteiger partial charge in [-0.05, 0) is 35.7 Å². The number of nitrogens with two attached hydrogens (primary N) is 1. The first-order valence-electron chi connectivity index (χ1n) is 9.28. The quantitative estimate of drug-likeness (QED) is 0.567. The summed E-state index contributed by atoms with van der Waals surface area (Å²) < 4.78 is 1.78. The third-order valence-electron chi connectivity index (χ3n) is 4.58. The van der Waals surface area contributed by atoms with Crippen molar-refractivity contribution in [3.05, 3.63) is 77.5 Å². The lowest BCUT2D eigenvalue weighted by atomic mass is 10.1. The Bertz CT molecular complexity index is 1200. The lowest BCUT2D eigenvalue weighted by Crippen LogP contribution is -2.01. The standard InChI is InChI=1S/C22H19N7/c1-2-15-5-3-7-17(9-15)13-29-14-21(27-28-29)20-11-19(25-22(24)26-20)18-8-4-6-16(10-18)12-23/h3-11,14H,2,13H2,1H3,(H2,24,25,26). The van der Waals surface area contributed by atoms with Gasteiger partial charge in [0.1, 0.15) is 5.69 Å². The molecule has 0 amide bonds. The fourth-order valence-electron chi connectivity index (χ4n) is 3.12. The third-order valence-corrected chi connectivity index (χ3v) is 4.58. The number of nitriles is 1. The van der Waals surface area contributed by atoms with E-state index >= 15 is 0 Å². The number of benzene rings is 2. The number of aromatic nitrogens is 5. The van der Waals surface area contributed by atoms with E-state index in [4.69, 9.17) is 11.0 Å². The van der Waals surface area contributed by atoms with E-state index in [0.29, 0.717) is 29.2 Å². The van der Waals surface area contributed by atoms with Crippen LogP contribution in [0.2, 0.25) is 0 Å². The summed E-state index contributed by atoms with van der Waals surface area (Å²) in [5.41, 5.74) is 11.6. The Kier molecular flexibility index (Phi) is 4.99. The molecule has 0 bridgehead atoms. The molecule has 0 saturated carbocycles. The van der Waals surface area contributed by atoms with Gasteiger partial charge in [0.05, 0.1) is 35.8 Å². The van der Waals surface area contributed by atoms with Crippen molar-refractivity contribution in [1.29, 1.82) is 5.26 Å². The molecule has 0 aliphatic carbocycles. The van der Waals surface area contributed by atoms with Crippen LogP contribution < -0.4 is 5.73 Å². The molecule has 0 radical (unpaired) electrons. The molecule has 29 heavy (non-hydrogen) atoms. The summed E-state index contributed by atoms with van der Waals surface area (Å²) in [5, 5.41) is 17.6. The average Bonchev–Trinajstić information content (AvgIpc) is 3.22. The van der Waals surface area contributed by atoms with Crippen LogP contribution in [0.4, 0.5) is 5.95 Å². The third kappa shape index (κ3) is 4.12. The van der Waals surface area contributed by atoms with Gasteiger partial charge in [-0.15, -0.1) is 5.10 Å². The van der Waals surface area contributed by atoms with Gasteiger partial charge in [-0.1, -0.05) is 48.5 Å². The second-order valence-corrected chi connectivity index (χ2v) is 6.66. The molecule has 0 saturated heterocycles. The summed E-state index contributed by atoms with van der Waals surface area (Å²) in [5.74, 6) is 0.144. The molecule has 0 aliphatic heterocycles. The van der Waals surface area contributed by atoms with Crippen LogP contribution in [0.1, 0.15) is 23.6 Å². The van der Waals surface area contributed by atoms with Gasteiger partial charge in [-0.25, -0.2) is 14.6 Å². The Morgan fingerprint density at radius 2 is 1.76 bits per heavy atom. The molecule has 0 spiro atoms. The molecule has 7 heteroatoms. The summed E-state index contributed by atoms with van der Waals surface area (Å²) in [6, 6.07) is 19.6. The van der Waals surface area contributed by atoms with E-state index < -0.39 is 0 Å². The Morgan fingerprint density at radius 3 is 2.59 bits per heavy atom. The Hall–Kier alpha value is -4.05. The topological polar surface area (TPSA) is 106 Å². The molecule has 4 aromatic rings. The van der Waals surface area contributed by atoms with Crippen molar-refractivity contribution in [1.82, 2.24) is 25.0 Å². The molecular formula is C22H19N7. The molecule has 2 heterocycles. The van der Waals surface area contributed by atoms with Crippen LogP contribution >= 0.6 is 0 Å². The lowest BCUT2D eigenvalue weighted by Gasteiger charge is -2.05. The molecule has 2 N–H and O–H groups in total. The SMILES string of the molecule is CCc1cccc(Cn2cc(-c3cc(-c4cccc(C#N)c4)nc(N)n3)nn2)c1. The summed E-state index contributed by atoms with van der Waals surface area (Å²) in [6.07, 6.45) is 2.84. The molecule has 7 nitrogen and oxygen atoms in total. The molecule has 2 aromatic carbocycles. The van der Waals surface area contributed by atoms with Crippen molar-refractivity contribution in [3.63, 3.8) is 0 Å². The van der Waals surface area contributed by atoms with Crippen LogP contribution in [0, 0.1) is 11.3 Å². The lowest BCUT2D eigenvalue weighted by molar-refractivity contribution is 0.649. The minimum absolute atomic E-state index is 0.144. The number of hydrogen-bond acceptors (Lipinski definition) is 6. The number of anilines is 1. The predicted molar refractivity (Wildman–Crippen MR) is 111 cm³/mol. The normalized spacial score (nSPS) is 10.6. The predicted octanol–water partition coefficient (Wildman–Crippen LogP) is 3.47. The zero-order valence-corrected chi connectivity index (χ0v) is 15.9. The zero-order chi connectivity index (χ0) is 20.2. The maximum atomic E-state index is 9.12. The molecule has 0 unspecified atom stereocenters. The molecule has 4 rings (SSSR count). The Balaban J connectivity index is 1.64. The highest BCUT2D eigenvalue weighted by molar-refractivity contribution is 5.68. The van der Waals surface area contributed by atoms with Crippen molar-refractivity contribution in [2.24, 2.45) is 0 Å². The monoisotopic (exact) mass is 381 g/mol. The molecule has 142 valence electrons. The number of aryl methyl sites for hydroxylation is 1. The van der Waals surface area contributed by atoms with Gasteiger partial charge in [-0.2, -0.15) is 5.26 Å². The van der Waals surface area contributed by atoms with Crippen LogP contribution in [0.15, 0.2) is 60.8 Å². The van der Waals surface area contributed by atoms with Crippen molar-refractivity contribution < 1.29 is 0 Å². The van der Waals surface area contributed by atoms with Crippen LogP contribution in [0.5, 0.6) is 0 Å². The zero-order valence-electron chi connectivity index (χ0n) is 15.9. The second kappa shape index (κ2) is 7.90. The summed E-state index contributed by atoms with van der Waals surface area (Å²) in [6.45, 7) is 2.76. The highest BCUT2D eigenvalue weighted by Crippen LogP contribution is 2.24. The van der Waals surface area contributed by atoms with Gasteiger partial charge in [0.25, 0.3) is 0 Å². The van der Waals surface area contributed by atoms with E-state index in [1.807, 2.05) is 18.3 Å². The van der Waals surface area contributed by atoms with Gasteiger partial charge in [-0.3, -0.25) is 0 Å². The highest BCUT2D eigenvalue weighted by Gasteiger charge is 2.11. The first-order valence-corrected chi connectivity index (χ1v) is 9.28. The van der Waals surface area contributed by atoms with Crippen molar-refractivity contribution >= 4 is 5.95 Å². The summed E-state index contributed by atoms with van der Waals surface area (Å²) >= 11 is 0. The van der Waals surface area contributed by atoms with Crippen LogP contribution in [0.3, 0.4) is 0 Å². The van der Waals surface area contributed by atoms with Crippen LogP contribution in [-0.2, 0) is 13.0 Å². The summed E-state index contributed by atoms with van der Waals surface area (Å²) in [7, 11) is 0. The van der Waals surface area contributed by atoms with E-state index in [9.17, 15) is 0 Å². The Labute approximate surface area is 168 Å². The van der Waals surface area contributed by atoms with Gasteiger partial charge >= 0.3 is 0 Å². The molecule has 0 fully saturated rings. The van der Waals surface area contributed by atoms with E-state index in [1.54, 1.807) is 22.9 Å². The van der Waals surface area contributed by atoms with Crippen molar-refractivity contribution in [2.45, 2.75) is 19.9 Å². The van der Waals surface area contributed by atoms with E-state index in [1.165, 1.54) is 5.56 Å². The van der Waals surface area contributed by atoms with Gasteiger partial charge in [0.2, 0.25) is 5.95 Å². The van der Waals surface area contributed by atoms with Gasteiger partial charge in [0, 0.05) is 5.56 Å². The fraction of sp³-hybridized carbons (Fsp3) is 0.136. The molecular weight excluding hydrogens is 362 g/mol. The Morgan fingerprint density at radius 1 is 0.966 bits per heavy atom. The second-order valence-electron chi connectivity index (χ2n) is 6.66. The van der Waals surface area contributed by atoms with Crippen LogP contribution in [0.25, 0.3) is 22.6 Å². The van der Waals surface area contributed by atoms with E-state index in [2.05, 4.69) is 57.5 Å². The smallest absolute Gasteiger partial charge is 0.221 e.